The second-order valence-corrected chi connectivity index (χ2v) is 6.34. The van der Waals surface area contributed by atoms with Crippen LogP contribution in [0.25, 0.3) is 10.9 Å². The highest BCUT2D eigenvalue weighted by molar-refractivity contribution is 5.92. The zero-order chi connectivity index (χ0) is 16.4. The van der Waals surface area contributed by atoms with Crippen molar-refractivity contribution in [1.29, 1.82) is 0 Å². The molecule has 0 atom stereocenters. The Bertz CT molecular complexity index is 892. The summed E-state index contributed by atoms with van der Waals surface area (Å²) in [5.74, 6) is 0.479. The van der Waals surface area contributed by atoms with Crippen molar-refractivity contribution in [3.8, 4) is 0 Å². The number of rotatable bonds is 4. The number of hydrogen-bond acceptors (Lipinski definition) is 1. The Kier molecular flexibility index (Phi) is 3.95. The van der Waals surface area contributed by atoms with Gasteiger partial charge in [0.05, 0.1) is 0 Å². The van der Waals surface area contributed by atoms with Crippen LogP contribution in [0.1, 0.15) is 23.1 Å². The fourth-order valence-corrected chi connectivity index (χ4v) is 3.47. The van der Waals surface area contributed by atoms with Gasteiger partial charge in [0.1, 0.15) is 0 Å². The third-order valence-electron chi connectivity index (χ3n) is 4.71. The molecule has 4 N–H and O–H groups in total. The fraction of sp³-hybridized carbons (Fsp3) is 0.250. The summed E-state index contributed by atoms with van der Waals surface area (Å²) >= 11 is 0. The summed E-state index contributed by atoms with van der Waals surface area (Å²) in [4.78, 5) is 7.76. The largest absolute Gasteiger partial charge is 0.370 e. The molecule has 0 fully saturated rings. The molecule has 0 saturated heterocycles. The van der Waals surface area contributed by atoms with Crippen LogP contribution in [-0.2, 0) is 19.3 Å². The van der Waals surface area contributed by atoms with Crippen molar-refractivity contribution in [3.63, 3.8) is 0 Å². The Hall–Kier alpha value is -2.75. The quantitative estimate of drug-likeness (QED) is 0.508. The number of fused-ring (bicyclic) bond motifs is 2. The zero-order valence-corrected chi connectivity index (χ0v) is 13.7. The van der Waals surface area contributed by atoms with Crippen LogP contribution in [0.4, 0.5) is 5.69 Å². The molecule has 0 spiro atoms. The highest BCUT2D eigenvalue weighted by Gasteiger charge is 2.10. The van der Waals surface area contributed by atoms with E-state index in [-0.39, 0.29) is 0 Å². The Morgan fingerprint density at radius 1 is 1.12 bits per heavy atom. The first-order chi connectivity index (χ1) is 11.8. The Morgan fingerprint density at radius 3 is 2.96 bits per heavy atom. The van der Waals surface area contributed by atoms with Crippen LogP contribution < -0.4 is 11.1 Å². The average Bonchev–Trinajstić information content (AvgIpc) is 3.21. The maximum absolute atomic E-state index is 6.03. The molecule has 122 valence electrons. The number of aryl methyl sites for hydroxylation is 2. The van der Waals surface area contributed by atoms with Gasteiger partial charge in [0.15, 0.2) is 5.96 Å². The van der Waals surface area contributed by atoms with Crippen molar-refractivity contribution < 1.29 is 0 Å². The molecular formula is C20H22N4. The van der Waals surface area contributed by atoms with Gasteiger partial charge in [-0.15, -0.1) is 0 Å². The highest BCUT2D eigenvalue weighted by Crippen LogP contribution is 2.24. The first-order valence-corrected chi connectivity index (χ1v) is 8.53. The number of aromatic nitrogens is 1. The smallest absolute Gasteiger partial charge is 0.193 e. The topological polar surface area (TPSA) is 66.2 Å². The van der Waals surface area contributed by atoms with Crippen LogP contribution in [-0.4, -0.2) is 17.5 Å². The lowest BCUT2D eigenvalue weighted by Crippen LogP contribution is -2.23. The first-order valence-electron chi connectivity index (χ1n) is 8.53. The van der Waals surface area contributed by atoms with Crippen LogP contribution in [0.3, 0.4) is 0 Å². The van der Waals surface area contributed by atoms with E-state index in [1.807, 2.05) is 6.07 Å². The van der Waals surface area contributed by atoms with Crippen molar-refractivity contribution in [2.45, 2.75) is 25.7 Å². The molecular weight excluding hydrogens is 296 g/mol. The Labute approximate surface area is 141 Å². The van der Waals surface area contributed by atoms with E-state index in [1.165, 1.54) is 46.9 Å². The van der Waals surface area contributed by atoms with Crippen LogP contribution in [0.5, 0.6) is 0 Å². The lowest BCUT2D eigenvalue weighted by atomic mass is 10.1. The number of nitrogens with two attached hydrogens (primary N) is 1. The van der Waals surface area contributed by atoms with Crippen LogP contribution >= 0.6 is 0 Å². The van der Waals surface area contributed by atoms with E-state index in [1.54, 1.807) is 0 Å². The monoisotopic (exact) mass is 318 g/mol. The number of hydrogen-bond donors (Lipinski definition) is 3. The van der Waals surface area contributed by atoms with Crippen molar-refractivity contribution in [1.82, 2.24) is 4.98 Å². The number of aromatic amines is 1. The van der Waals surface area contributed by atoms with Crippen molar-refractivity contribution in [2.24, 2.45) is 10.7 Å². The van der Waals surface area contributed by atoms with Gasteiger partial charge in [0.25, 0.3) is 0 Å². The van der Waals surface area contributed by atoms with Crippen molar-refractivity contribution >= 4 is 22.5 Å². The van der Waals surface area contributed by atoms with Gasteiger partial charge in [-0.3, -0.25) is 4.99 Å². The molecule has 0 saturated carbocycles. The second kappa shape index (κ2) is 6.40. The van der Waals surface area contributed by atoms with Crippen molar-refractivity contribution in [3.05, 3.63) is 65.4 Å². The fourth-order valence-electron chi connectivity index (χ4n) is 3.47. The SMILES string of the molecule is NC(=NCCc1c[nH]c2ccccc12)Nc1ccc2c(c1)CCC2. The molecule has 0 unspecified atom stereocenters. The van der Waals surface area contributed by atoms with Gasteiger partial charge in [0, 0.05) is 29.3 Å². The minimum Gasteiger partial charge on any atom is -0.370 e. The number of para-hydroxylation sites is 1. The zero-order valence-electron chi connectivity index (χ0n) is 13.7. The number of anilines is 1. The van der Waals surface area contributed by atoms with Gasteiger partial charge in [-0.25, -0.2) is 0 Å². The van der Waals surface area contributed by atoms with Crippen LogP contribution in [0, 0.1) is 0 Å². The van der Waals surface area contributed by atoms with E-state index in [9.17, 15) is 0 Å². The van der Waals surface area contributed by atoms with Crippen LogP contribution in [0.2, 0.25) is 0 Å². The molecule has 0 bridgehead atoms. The molecule has 4 nitrogen and oxygen atoms in total. The predicted octanol–water partition coefficient (Wildman–Crippen LogP) is 3.63. The highest BCUT2D eigenvalue weighted by atomic mass is 15.1. The molecule has 1 aliphatic rings. The van der Waals surface area contributed by atoms with Gasteiger partial charge in [0.2, 0.25) is 0 Å². The third kappa shape index (κ3) is 3.00. The van der Waals surface area contributed by atoms with E-state index >= 15 is 0 Å². The lowest BCUT2D eigenvalue weighted by molar-refractivity contribution is 0.912. The van der Waals surface area contributed by atoms with Crippen molar-refractivity contribution in [2.75, 3.05) is 11.9 Å². The maximum Gasteiger partial charge on any atom is 0.193 e. The summed E-state index contributed by atoms with van der Waals surface area (Å²) in [6.07, 6.45) is 6.56. The number of benzene rings is 2. The number of nitrogens with one attached hydrogen (secondary N) is 2. The molecule has 1 aliphatic carbocycles. The standard InChI is InChI=1S/C20H22N4/c21-20(24-17-9-8-14-4-3-5-15(14)12-17)22-11-10-16-13-23-19-7-2-1-6-18(16)19/h1-2,6-9,12-13,23H,3-5,10-11H2,(H3,21,22,24). The lowest BCUT2D eigenvalue weighted by Gasteiger charge is -2.08. The Morgan fingerprint density at radius 2 is 2.00 bits per heavy atom. The normalized spacial score (nSPS) is 14.1. The Balaban J connectivity index is 1.39. The van der Waals surface area contributed by atoms with E-state index in [2.05, 4.69) is 57.9 Å². The number of guanidine groups is 1. The third-order valence-corrected chi connectivity index (χ3v) is 4.71. The summed E-state index contributed by atoms with van der Waals surface area (Å²) in [5, 5.41) is 4.47. The summed E-state index contributed by atoms with van der Waals surface area (Å²) < 4.78 is 0. The minimum absolute atomic E-state index is 0.479. The molecule has 4 heteroatoms. The molecule has 1 aromatic heterocycles. The summed E-state index contributed by atoms with van der Waals surface area (Å²) in [5.41, 5.74) is 12.4. The molecule has 24 heavy (non-hydrogen) atoms. The average molecular weight is 318 g/mol. The summed E-state index contributed by atoms with van der Waals surface area (Å²) in [7, 11) is 0. The van der Waals surface area contributed by atoms with E-state index in [0.29, 0.717) is 12.5 Å². The number of aliphatic imine (C=N–C) groups is 1. The van der Waals surface area contributed by atoms with Gasteiger partial charge < -0.3 is 16.0 Å². The first kappa shape index (κ1) is 14.8. The number of H-pyrrole nitrogens is 1. The minimum atomic E-state index is 0.479. The maximum atomic E-state index is 6.03. The van der Waals surface area contributed by atoms with E-state index in [4.69, 9.17) is 5.73 Å². The number of nitrogens with zero attached hydrogens (tertiary/aromatic N) is 1. The molecule has 0 amide bonds. The van der Waals surface area contributed by atoms with E-state index in [0.717, 1.165) is 12.1 Å². The molecule has 2 aromatic carbocycles. The van der Waals surface area contributed by atoms with Gasteiger partial charge in [-0.2, -0.15) is 0 Å². The molecule has 1 heterocycles. The molecule has 3 aromatic rings. The van der Waals surface area contributed by atoms with E-state index < -0.39 is 0 Å². The van der Waals surface area contributed by atoms with Gasteiger partial charge in [-0.1, -0.05) is 24.3 Å². The summed E-state index contributed by atoms with van der Waals surface area (Å²) in [6, 6.07) is 14.8. The molecule has 4 rings (SSSR count). The summed E-state index contributed by atoms with van der Waals surface area (Å²) in [6.45, 7) is 0.672. The second-order valence-electron chi connectivity index (χ2n) is 6.34. The van der Waals surface area contributed by atoms with Gasteiger partial charge >= 0.3 is 0 Å². The molecule has 0 aliphatic heterocycles. The predicted molar refractivity (Wildman–Crippen MR) is 101 cm³/mol. The van der Waals surface area contributed by atoms with Crippen LogP contribution in [0.15, 0.2) is 53.7 Å². The molecule has 0 radical (unpaired) electrons. The van der Waals surface area contributed by atoms with Gasteiger partial charge in [-0.05, 0) is 60.6 Å².